The van der Waals surface area contributed by atoms with E-state index in [1.807, 2.05) is 48.5 Å². The van der Waals surface area contributed by atoms with E-state index in [9.17, 15) is 14.7 Å². The fourth-order valence-corrected chi connectivity index (χ4v) is 4.66. The van der Waals surface area contributed by atoms with Crippen molar-refractivity contribution in [1.29, 1.82) is 0 Å². The van der Waals surface area contributed by atoms with Crippen LogP contribution in [-0.2, 0) is 32.2 Å². The van der Waals surface area contributed by atoms with Gasteiger partial charge in [0.2, 0.25) is 0 Å². The van der Waals surface area contributed by atoms with Gasteiger partial charge in [-0.2, -0.15) is 5.10 Å². The minimum atomic E-state index is -0.582. The monoisotopic (exact) mass is 541 g/mol. The van der Waals surface area contributed by atoms with E-state index in [0.717, 1.165) is 27.4 Å². The summed E-state index contributed by atoms with van der Waals surface area (Å²) in [5, 5.41) is 22.0. The topological polar surface area (TPSA) is 148 Å². The van der Waals surface area contributed by atoms with Crippen molar-refractivity contribution in [3.05, 3.63) is 77.1 Å². The average Bonchev–Trinajstić information content (AvgIpc) is 3.48. The highest BCUT2D eigenvalue weighted by atomic mass is 32.2. The lowest BCUT2D eigenvalue weighted by Gasteiger charge is -2.36. The van der Waals surface area contributed by atoms with Crippen molar-refractivity contribution in [3.63, 3.8) is 0 Å². The van der Waals surface area contributed by atoms with Crippen LogP contribution >= 0.6 is 11.8 Å². The number of carbonyl (C=O) groups excluding carboxylic acids is 2. The average molecular weight is 542 g/mol. The predicted octanol–water partition coefficient (Wildman–Crippen LogP) is 3.00. The summed E-state index contributed by atoms with van der Waals surface area (Å²) in [5.41, 5.74) is 3.59. The molecule has 1 saturated heterocycles. The van der Waals surface area contributed by atoms with Gasteiger partial charge in [0, 0.05) is 24.3 Å². The lowest BCUT2D eigenvalue weighted by atomic mass is 10.0. The Kier molecular flexibility index (Phi) is 10.1. The fourth-order valence-electron chi connectivity index (χ4n) is 3.86. The molecule has 1 aromatic heterocycles. The second kappa shape index (κ2) is 13.9. The number of ether oxygens (including phenoxy) is 3. The molecule has 0 aliphatic carbocycles. The van der Waals surface area contributed by atoms with Crippen LogP contribution < -0.4 is 10.6 Å². The lowest BCUT2D eigenvalue weighted by molar-refractivity contribution is -0.245. The number of aliphatic hydroxyl groups is 1. The van der Waals surface area contributed by atoms with Crippen molar-refractivity contribution in [3.8, 4) is 0 Å². The van der Waals surface area contributed by atoms with E-state index >= 15 is 0 Å². The normalized spacial score (nSPS) is 19.1. The number of esters is 1. The Morgan fingerprint density at radius 1 is 1.08 bits per heavy atom. The largest absolute Gasteiger partial charge is 0.465 e. The molecule has 1 aliphatic rings. The molecule has 0 bridgehead atoms. The number of nitrogens with zero attached hydrogens (tertiary/aromatic N) is 2. The molecule has 38 heavy (non-hydrogen) atoms. The number of carbonyl (C=O) groups is 2. The Labute approximate surface area is 224 Å². The molecule has 0 unspecified atom stereocenters. The number of amides is 2. The van der Waals surface area contributed by atoms with Crippen LogP contribution in [0.15, 0.2) is 60.0 Å². The number of aromatic nitrogens is 3. The maximum absolute atomic E-state index is 11.9. The van der Waals surface area contributed by atoms with Gasteiger partial charge in [0.15, 0.2) is 11.4 Å². The van der Waals surface area contributed by atoms with Crippen LogP contribution in [0.4, 0.5) is 4.79 Å². The number of aromatic amines is 1. The van der Waals surface area contributed by atoms with Gasteiger partial charge in [0.25, 0.3) is 0 Å². The summed E-state index contributed by atoms with van der Waals surface area (Å²) < 4.78 is 17.5. The molecule has 2 heterocycles. The summed E-state index contributed by atoms with van der Waals surface area (Å²) in [6, 6.07) is 14.9. The highest BCUT2D eigenvalue weighted by molar-refractivity contribution is 7.99. The molecule has 2 amide bonds. The van der Waals surface area contributed by atoms with Crippen LogP contribution in [-0.4, -0.2) is 57.3 Å². The number of aliphatic hydroxyl groups excluding tert-OH is 1. The molecule has 11 nitrogen and oxygen atoms in total. The molecular formula is C26H31N5O6S. The molecule has 4 rings (SSSR count). The number of benzene rings is 2. The van der Waals surface area contributed by atoms with Crippen molar-refractivity contribution in [2.24, 2.45) is 0 Å². The number of hydrogen-bond donors (Lipinski definition) is 4. The van der Waals surface area contributed by atoms with Crippen molar-refractivity contribution >= 4 is 23.8 Å². The van der Waals surface area contributed by atoms with E-state index in [-0.39, 0.29) is 38.5 Å². The molecule has 12 heteroatoms. The van der Waals surface area contributed by atoms with E-state index in [2.05, 4.69) is 25.8 Å². The Hall–Kier alpha value is -3.45. The molecule has 202 valence electrons. The van der Waals surface area contributed by atoms with E-state index in [1.54, 1.807) is 6.92 Å². The fraction of sp³-hybridized carbons (Fsp3) is 0.385. The SMILES string of the molecule is CCOC(=O)CNC(=O)NCc1ccc([C@H]2O[C@@H](CSc3ncn[nH]3)C[C@@H](c3ccc(CO)cc3)O2)cc1. The first kappa shape index (κ1) is 27.6. The van der Waals surface area contributed by atoms with Gasteiger partial charge < -0.3 is 30.0 Å². The van der Waals surface area contributed by atoms with Crippen molar-refractivity contribution < 1.29 is 28.9 Å². The summed E-state index contributed by atoms with van der Waals surface area (Å²) in [7, 11) is 0. The minimum absolute atomic E-state index is 0.0117. The molecule has 2 aromatic carbocycles. The summed E-state index contributed by atoms with van der Waals surface area (Å²) in [4.78, 5) is 27.5. The molecule has 0 saturated carbocycles. The highest BCUT2D eigenvalue weighted by Gasteiger charge is 2.32. The third-order valence-corrected chi connectivity index (χ3v) is 6.83. The Morgan fingerprint density at radius 3 is 2.50 bits per heavy atom. The number of thioether (sulfide) groups is 1. The van der Waals surface area contributed by atoms with Crippen LogP contribution in [0.5, 0.6) is 0 Å². The van der Waals surface area contributed by atoms with Crippen LogP contribution in [0.3, 0.4) is 0 Å². The number of H-pyrrole nitrogens is 1. The molecule has 0 radical (unpaired) electrons. The van der Waals surface area contributed by atoms with Gasteiger partial charge in [-0.15, -0.1) is 0 Å². The van der Waals surface area contributed by atoms with Gasteiger partial charge in [0.05, 0.1) is 25.4 Å². The van der Waals surface area contributed by atoms with Crippen LogP contribution in [0.25, 0.3) is 0 Å². The first-order valence-electron chi connectivity index (χ1n) is 12.3. The van der Waals surface area contributed by atoms with Crippen LogP contribution in [0.2, 0.25) is 0 Å². The Bertz CT molecular complexity index is 1160. The second-order valence-corrected chi connectivity index (χ2v) is 9.54. The Balaban J connectivity index is 1.38. The smallest absolute Gasteiger partial charge is 0.325 e. The van der Waals surface area contributed by atoms with Gasteiger partial charge in [-0.05, 0) is 23.6 Å². The summed E-state index contributed by atoms with van der Waals surface area (Å²) >= 11 is 1.54. The van der Waals surface area contributed by atoms with E-state index in [4.69, 9.17) is 14.2 Å². The number of hydrogen-bond acceptors (Lipinski definition) is 9. The number of nitrogens with one attached hydrogen (secondary N) is 3. The van der Waals surface area contributed by atoms with Gasteiger partial charge >= 0.3 is 12.0 Å². The number of urea groups is 1. The molecule has 4 N–H and O–H groups in total. The lowest BCUT2D eigenvalue weighted by Crippen LogP contribution is -2.38. The first-order valence-corrected chi connectivity index (χ1v) is 13.3. The van der Waals surface area contributed by atoms with Crippen LogP contribution in [0.1, 0.15) is 48.0 Å². The summed E-state index contributed by atoms with van der Waals surface area (Å²) in [5.74, 6) is 0.183. The van der Waals surface area contributed by atoms with E-state index in [1.165, 1.54) is 18.1 Å². The summed E-state index contributed by atoms with van der Waals surface area (Å²) in [6.07, 6.45) is 1.27. The maximum Gasteiger partial charge on any atom is 0.325 e. The molecule has 3 atom stereocenters. The molecule has 1 fully saturated rings. The maximum atomic E-state index is 11.9. The third-order valence-electron chi connectivity index (χ3n) is 5.82. The standard InChI is InChI=1S/C26H31N5O6S/c1-2-35-23(33)13-28-25(34)27-12-17-3-9-20(10-4-17)24-36-21(15-38-26-29-16-30-31-26)11-22(37-24)19-7-5-18(14-32)6-8-19/h3-10,16,21-22,24,32H,2,11-15H2,1H3,(H2,27,28,34)(H,29,30,31)/t21-,22+,24+/m1/s1. The third kappa shape index (κ3) is 8.02. The van der Waals surface area contributed by atoms with Gasteiger partial charge in [-0.3, -0.25) is 9.89 Å². The quantitative estimate of drug-likeness (QED) is 0.212. The number of rotatable bonds is 11. The Morgan fingerprint density at radius 2 is 1.82 bits per heavy atom. The van der Waals surface area contributed by atoms with Crippen molar-refractivity contribution in [2.75, 3.05) is 18.9 Å². The highest BCUT2D eigenvalue weighted by Crippen LogP contribution is 2.39. The van der Waals surface area contributed by atoms with Gasteiger partial charge in [-0.25, -0.2) is 9.78 Å². The molecule has 3 aromatic rings. The zero-order chi connectivity index (χ0) is 26.7. The van der Waals surface area contributed by atoms with Gasteiger partial charge in [-0.1, -0.05) is 60.3 Å². The van der Waals surface area contributed by atoms with Crippen molar-refractivity contribution in [1.82, 2.24) is 25.8 Å². The molecule has 1 aliphatic heterocycles. The first-order chi connectivity index (χ1) is 18.5. The molecular weight excluding hydrogens is 510 g/mol. The zero-order valence-corrected chi connectivity index (χ0v) is 21.8. The second-order valence-electron chi connectivity index (χ2n) is 8.53. The van der Waals surface area contributed by atoms with Gasteiger partial charge in [0.1, 0.15) is 12.9 Å². The summed E-state index contributed by atoms with van der Waals surface area (Å²) in [6.45, 7) is 2.06. The van der Waals surface area contributed by atoms with Crippen LogP contribution in [0, 0.1) is 0 Å². The van der Waals surface area contributed by atoms with E-state index in [0.29, 0.717) is 12.2 Å². The zero-order valence-electron chi connectivity index (χ0n) is 21.0. The van der Waals surface area contributed by atoms with Crippen molar-refractivity contribution in [2.45, 2.75) is 50.2 Å². The van der Waals surface area contributed by atoms with E-state index < -0.39 is 18.3 Å². The minimum Gasteiger partial charge on any atom is -0.465 e. The predicted molar refractivity (Wildman–Crippen MR) is 139 cm³/mol. The molecule has 0 spiro atoms.